The fourth-order valence-electron chi connectivity index (χ4n) is 1.21. The van der Waals surface area contributed by atoms with Crippen LogP contribution in [0.4, 0.5) is 0 Å². The maximum atomic E-state index is 5.39. The third-order valence-electron chi connectivity index (χ3n) is 1.65. The number of aryl methyl sites for hydroxylation is 1. The fourth-order valence-corrected chi connectivity index (χ4v) is 1.21. The highest BCUT2D eigenvalue weighted by Crippen LogP contribution is 2.22. The highest BCUT2D eigenvalue weighted by molar-refractivity contribution is 5.37. The van der Waals surface area contributed by atoms with Gasteiger partial charge in [-0.3, -0.25) is 0 Å². The summed E-state index contributed by atoms with van der Waals surface area (Å²) in [5.74, 6) is 1.76. The zero-order chi connectivity index (χ0) is 9.68. The summed E-state index contributed by atoms with van der Waals surface area (Å²) >= 11 is 0. The van der Waals surface area contributed by atoms with Gasteiger partial charge in [0.15, 0.2) is 0 Å². The van der Waals surface area contributed by atoms with Crippen molar-refractivity contribution in [3.05, 3.63) is 23.8 Å². The van der Waals surface area contributed by atoms with Crippen LogP contribution < -0.4 is 9.47 Å². The Balaban J connectivity index is 2.83. The molecule has 2 heteroatoms. The molecule has 0 saturated heterocycles. The largest absolute Gasteiger partial charge is 0.494 e. The van der Waals surface area contributed by atoms with E-state index in [0.717, 1.165) is 17.1 Å². The van der Waals surface area contributed by atoms with E-state index < -0.39 is 0 Å². The summed E-state index contributed by atoms with van der Waals surface area (Å²) in [4.78, 5) is 0. The van der Waals surface area contributed by atoms with E-state index in [4.69, 9.17) is 9.47 Å². The van der Waals surface area contributed by atoms with Crippen LogP contribution >= 0.6 is 0 Å². The lowest BCUT2D eigenvalue weighted by Crippen LogP contribution is -1.95. The highest BCUT2D eigenvalue weighted by atomic mass is 16.5. The smallest absolute Gasteiger partial charge is 0.123 e. The van der Waals surface area contributed by atoms with Crippen molar-refractivity contribution in [2.45, 2.75) is 20.8 Å². The van der Waals surface area contributed by atoms with Gasteiger partial charge in [-0.15, -0.1) is 0 Å². The standard InChI is InChI=1S/C11H16O2/c1-4-12-10-6-9(3)7-11(8-10)13-5-2/h6-8H,4-5H2,1-3H3. The van der Waals surface area contributed by atoms with Crippen LogP contribution in [0.2, 0.25) is 0 Å². The molecule has 0 radical (unpaired) electrons. The summed E-state index contributed by atoms with van der Waals surface area (Å²) in [5.41, 5.74) is 1.16. The van der Waals surface area contributed by atoms with E-state index in [1.165, 1.54) is 0 Å². The van der Waals surface area contributed by atoms with Gasteiger partial charge in [-0.05, 0) is 38.5 Å². The van der Waals surface area contributed by atoms with E-state index >= 15 is 0 Å². The van der Waals surface area contributed by atoms with Crippen LogP contribution in [-0.2, 0) is 0 Å². The number of benzene rings is 1. The molecule has 0 spiro atoms. The molecule has 13 heavy (non-hydrogen) atoms. The first-order valence-electron chi connectivity index (χ1n) is 4.63. The van der Waals surface area contributed by atoms with Crippen molar-refractivity contribution >= 4 is 0 Å². The Labute approximate surface area is 79.5 Å². The number of hydrogen-bond donors (Lipinski definition) is 0. The van der Waals surface area contributed by atoms with Gasteiger partial charge in [0.2, 0.25) is 0 Å². The van der Waals surface area contributed by atoms with Crippen molar-refractivity contribution in [3.8, 4) is 11.5 Å². The molecule has 0 bridgehead atoms. The fraction of sp³-hybridized carbons (Fsp3) is 0.455. The monoisotopic (exact) mass is 180 g/mol. The molecule has 2 nitrogen and oxygen atoms in total. The summed E-state index contributed by atoms with van der Waals surface area (Å²) in [7, 11) is 0. The predicted molar refractivity (Wildman–Crippen MR) is 53.5 cm³/mol. The zero-order valence-electron chi connectivity index (χ0n) is 8.46. The number of hydrogen-bond acceptors (Lipinski definition) is 2. The SMILES string of the molecule is CCOc1cc(C)cc(OCC)c1. The van der Waals surface area contributed by atoms with Crippen molar-refractivity contribution < 1.29 is 9.47 Å². The molecule has 72 valence electrons. The quantitative estimate of drug-likeness (QED) is 0.709. The van der Waals surface area contributed by atoms with Gasteiger partial charge < -0.3 is 9.47 Å². The van der Waals surface area contributed by atoms with Gasteiger partial charge >= 0.3 is 0 Å². The molecule has 0 unspecified atom stereocenters. The Hall–Kier alpha value is -1.18. The van der Waals surface area contributed by atoms with Crippen LogP contribution in [0.25, 0.3) is 0 Å². The van der Waals surface area contributed by atoms with E-state index in [-0.39, 0.29) is 0 Å². The van der Waals surface area contributed by atoms with Gasteiger partial charge in [-0.25, -0.2) is 0 Å². The van der Waals surface area contributed by atoms with Gasteiger partial charge in [-0.2, -0.15) is 0 Å². The third-order valence-corrected chi connectivity index (χ3v) is 1.65. The Morgan fingerprint density at radius 2 is 1.38 bits per heavy atom. The minimum atomic E-state index is 0.690. The molecule has 0 heterocycles. The van der Waals surface area contributed by atoms with E-state index in [9.17, 15) is 0 Å². The molecule has 0 aliphatic carbocycles. The van der Waals surface area contributed by atoms with Crippen LogP contribution in [0.15, 0.2) is 18.2 Å². The van der Waals surface area contributed by atoms with Crippen LogP contribution in [0.1, 0.15) is 19.4 Å². The summed E-state index contributed by atoms with van der Waals surface area (Å²) in [6.45, 7) is 7.36. The molecule has 0 N–H and O–H groups in total. The van der Waals surface area contributed by atoms with Crippen molar-refractivity contribution in [1.29, 1.82) is 0 Å². The molecule has 1 aromatic carbocycles. The average molecular weight is 180 g/mol. The van der Waals surface area contributed by atoms with E-state index in [1.54, 1.807) is 0 Å². The maximum Gasteiger partial charge on any atom is 0.123 e. The lowest BCUT2D eigenvalue weighted by atomic mass is 10.2. The summed E-state index contributed by atoms with van der Waals surface area (Å²) < 4.78 is 10.8. The van der Waals surface area contributed by atoms with Crippen LogP contribution in [-0.4, -0.2) is 13.2 Å². The molecular formula is C11H16O2. The molecule has 0 atom stereocenters. The second kappa shape index (κ2) is 4.75. The Bertz CT molecular complexity index is 245. The first-order valence-corrected chi connectivity index (χ1v) is 4.63. The topological polar surface area (TPSA) is 18.5 Å². The normalized spacial score (nSPS) is 9.77. The van der Waals surface area contributed by atoms with Crippen LogP contribution in [0, 0.1) is 6.92 Å². The first kappa shape index (κ1) is 9.90. The third kappa shape index (κ3) is 2.98. The Morgan fingerprint density at radius 3 is 1.77 bits per heavy atom. The second-order valence-electron chi connectivity index (χ2n) is 2.85. The predicted octanol–water partition coefficient (Wildman–Crippen LogP) is 2.79. The average Bonchev–Trinajstić information content (AvgIpc) is 2.04. The van der Waals surface area contributed by atoms with Gasteiger partial charge in [0.1, 0.15) is 11.5 Å². The Kier molecular flexibility index (Phi) is 3.62. The van der Waals surface area contributed by atoms with Gasteiger partial charge in [-0.1, -0.05) is 0 Å². The minimum absolute atomic E-state index is 0.690. The summed E-state index contributed by atoms with van der Waals surface area (Å²) in [5, 5.41) is 0. The molecule has 0 fully saturated rings. The van der Waals surface area contributed by atoms with Crippen molar-refractivity contribution in [2.24, 2.45) is 0 Å². The van der Waals surface area contributed by atoms with E-state index in [0.29, 0.717) is 13.2 Å². The maximum absolute atomic E-state index is 5.39. The second-order valence-corrected chi connectivity index (χ2v) is 2.85. The van der Waals surface area contributed by atoms with E-state index in [1.807, 2.05) is 39.0 Å². The summed E-state index contributed by atoms with van der Waals surface area (Å²) in [6.07, 6.45) is 0. The first-order chi connectivity index (χ1) is 6.26. The molecular weight excluding hydrogens is 164 g/mol. The van der Waals surface area contributed by atoms with Crippen LogP contribution in [0.5, 0.6) is 11.5 Å². The molecule has 0 amide bonds. The molecule has 0 aromatic heterocycles. The number of rotatable bonds is 4. The molecule has 0 aliphatic heterocycles. The summed E-state index contributed by atoms with van der Waals surface area (Å²) in [6, 6.07) is 5.93. The molecule has 1 rings (SSSR count). The number of ether oxygens (including phenoxy) is 2. The Morgan fingerprint density at radius 1 is 0.923 bits per heavy atom. The molecule has 0 saturated carbocycles. The van der Waals surface area contributed by atoms with Gasteiger partial charge in [0.05, 0.1) is 13.2 Å². The van der Waals surface area contributed by atoms with Crippen molar-refractivity contribution in [3.63, 3.8) is 0 Å². The van der Waals surface area contributed by atoms with Gasteiger partial charge in [0, 0.05) is 6.07 Å². The highest BCUT2D eigenvalue weighted by Gasteiger charge is 1.98. The van der Waals surface area contributed by atoms with Crippen LogP contribution in [0.3, 0.4) is 0 Å². The van der Waals surface area contributed by atoms with Crippen molar-refractivity contribution in [2.75, 3.05) is 13.2 Å². The zero-order valence-corrected chi connectivity index (χ0v) is 8.46. The van der Waals surface area contributed by atoms with E-state index in [2.05, 4.69) is 0 Å². The lowest BCUT2D eigenvalue weighted by molar-refractivity contribution is 0.323. The molecule has 0 aliphatic rings. The van der Waals surface area contributed by atoms with Crippen molar-refractivity contribution in [1.82, 2.24) is 0 Å². The minimum Gasteiger partial charge on any atom is -0.494 e. The molecule has 1 aromatic rings. The lowest BCUT2D eigenvalue weighted by Gasteiger charge is -2.08. The van der Waals surface area contributed by atoms with Gasteiger partial charge in [0.25, 0.3) is 0 Å².